The third-order valence-corrected chi connectivity index (χ3v) is 6.94. The van der Waals surface area contributed by atoms with E-state index in [2.05, 4.69) is 25.3 Å². The number of para-hydroxylation sites is 1. The van der Waals surface area contributed by atoms with E-state index < -0.39 is 6.10 Å². The van der Waals surface area contributed by atoms with E-state index in [1.54, 1.807) is 11.3 Å². The van der Waals surface area contributed by atoms with E-state index in [-0.39, 0.29) is 25.1 Å². The number of carbonyl (C=O) groups is 1. The van der Waals surface area contributed by atoms with Gasteiger partial charge in [0, 0.05) is 24.6 Å². The van der Waals surface area contributed by atoms with Crippen molar-refractivity contribution in [1.29, 1.82) is 0 Å². The van der Waals surface area contributed by atoms with Crippen LogP contribution in [0.15, 0.2) is 35.7 Å². The molecule has 2 heterocycles. The number of fused-ring (bicyclic) bond motifs is 1. The van der Waals surface area contributed by atoms with Crippen LogP contribution < -0.4 is 4.74 Å². The third kappa shape index (κ3) is 7.27. The van der Waals surface area contributed by atoms with Gasteiger partial charge < -0.3 is 19.5 Å². The Morgan fingerprint density at radius 3 is 2.79 bits per heavy atom. The minimum Gasteiger partial charge on any atom is -0.491 e. The molecule has 2 atom stereocenters. The number of benzene rings is 1. The monoisotopic (exact) mass is 474 g/mol. The van der Waals surface area contributed by atoms with Crippen LogP contribution in [0.1, 0.15) is 42.8 Å². The lowest BCUT2D eigenvalue weighted by Gasteiger charge is -2.37. The van der Waals surface area contributed by atoms with Crippen LogP contribution in [-0.2, 0) is 16.0 Å². The fourth-order valence-electron chi connectivity index (χ4n) is 4.14. The topological polar surface area (TPSA) is 62.2 Å². The van der Waals surface area contributed by atoms with Crippen LogP contribution in [0.2, 0.25) is 0 Å². The van der Waals surface area contributed by atoms with Gasteiger partial charge in [0.25, 0.3) is 0 Å². The fourth-order valence-corrected chi connectivity index (χ4v) is 5.07. The number of carbonyl (C=O) groups excluding carboxylic acids is 1. The number of thiophene rings is 1. The van der Waals surface area contributed by atoms with Crippen molar-refractivity contribution in [2.75, 3.05) is 46.0 Å². The van der Waals surface area contributed by atoms with Crippen molar-refractivity contribution in [2.24, 2.45) is 5.92 Å². The van der Waals surface area contributed by atoms with Crippen LogP contribution in [0.25, 0.3) is 0 Å². The lowest BCUT2D eigenvalue weighted by Crippen LogP contribution is -2.48. The maximum absolute atomic E-state index is 13.4. The number of aliphatic hydroxyl groups excluding tert-OH is 1. The third-order valence-electron chi connectivity index (χ3n) is 5.94. The van der Waals surface area contributed by atoms with Crippen LogP contribution in [0.5, 0.6) is 5.75 Å². The van der Waals surface area contributed by atoms with E-state index in [9.17, 15) is 9.90 Å². The first kappa shape index (κ1) is 25.7. The van der Waals surface area contributed by atoms with Crippen molar-refractivity contribution in [1.82, 2.24) is 9.80 Å². The number of likely N-dealkylation sites (N-methyl/N-ethyl adjacent to an activating group) is 1. The van der Waals surface area contributed by atoms with Crippen LogP contribution in [0.4, 0.5) is 0 Å². The molecule has 0 aliphatic carbocycles. The Kier molecular flexibility index (Phi) is 9.74. The molecule has 1 aromatic heterocycles. The smallest absolute Gasteiger partial charge is 0.237 e. The second-order valence-electron chi connectivity index (χ2n) is 9.14. The predicted octanol–water partition coefficient (Wildman–Crippen LogP) is 3.92. The van der Waals surface area contributed by atoms with Gasteiger partial charge in [0.1, 0.15) is 12.4 Å². The zero-order valence-electron chi connectivity index (χ0n) is 20.3. The highest BCUT2D eigenvalue weighted by atomic mass is 32.1. The lowest BCUT2D eigenvalue weighted by molar-refractivity contribution is -0.136. The molecule has 1 aliphatic heterocycles. The Morgan fingerprint density at radius 2 is 2.06 bits per heavy atom. The van der Waals surface area contributed by atoms with Crippen LogP contribution >= 0.6 is 11.3 Å². The van der Waals surface area contributed by atoms with E-state index in [1.165, 1.54) is 10.4 Å². The maximum atomic E-state index is 13.4. The molecule has 0 saturated carbocycles. The number of ether oxygens (including phenoxy) is 2. The molecule has 0 fully saturated rings. The molecule has 0 unspecified atom stereocenters. The second kappa shape index (κ2) is 12.5. The van der Waals surface area contributed by atoms with E-state index >= 15 is 0 Å². The first-order valence-electron chi connectivity index (χ1n) is 11.9. The fraction of sp³-hybridized carbons (Fsp3) is 0.577. The van der Waals surface area contributed by atoms with Gasteiger partial charge in [-0.2, -0.15) is 0 Å². The molecule has 1 N–H and O–H groups in total. The quantitative estimate of drug-likeness (QED) is 0.505. The highest BCUT2D eigenvalue weighted by molar-refractivity contribution is 7.10. The zero-order valence-corrected chi connectivity index (χ0v) is 21.1. The van der Waals surface area contributed by atoms with Crippen LogP contribution in [0, 0.1) is 12.8 Å². The maximum Gasteiger partial charge on any atom is 0.237 e. The van der Waals surface area contributed by atoms with Gasteiger partial charge >= 0.3 is 0 Å². The summed E-state index contributed by atoms with van der Waals surface area (Å²) in [4.78, 5) is 18.7. The molecule has 33 heavy (non-hydrogen) atoms. The minimum absolute atomic E-state index is 0.0717. The summed E-state index contributed by atoms with van der Waals surface area (Å²) in [5.41, 5.74) is 2.28. The van der Waals surface area contributed by atoms with Gasteiger partial charge in [-0.15, -0.1) is 11.3 Å². The van der Waals surface area contributed by atoms with Crippen molar-refractivity contribution in [2.45, 2.75) is 46.3 Å². The van der Waals surface area contributed by atoms with Gasteiger partial charge in [-0.05, 0) is 54.4 Å². The van der Waals surface area contributed by atoms with E-state index in [1.807, 2.05) is 47.9 Å². The van der Waals surface area contributed by atoms with Gasteiger partial charge in [-0.3, -0.25) is 9.69 Å². The highest BCUT2D eigenvalue weighted by Gasteiger charge is 2.33. The first-order chi connectivity index (χ1) is 15.9. The van der Waals surface area contributed by atoms with Crippen molar-refractivity contribution in [3.63, 3.8) is 0 Å². The summed E-state index contributed by atoms with van der Waals surface area (Å²) in [6.07, 6.45) is 0.263. The average molecular weight is 475 g/mol. The molecule has 182 valence electrons. The van der Waals surface area contributed by atoms with Crippen molar-refractivity contribution in [3.05, 3.63) is 51.7 Å². The molecule has 6 nitrogen and oxygen atoms in total. The van der Waals surface area contributed by atoms with Crippen molar-refractivity contribution >= 4 is 17.2 Å². The molecule has 2 aromatic rings. The van der Waals surface area contributed by atoms with Crippen molar-refractivity contribution in [3.8, 4) is 5.75 Å². The van der Waals surface area contributed by atoms with E-state index in [0.717, 1.165) is 17.7 Å². The summed E-state index contributed by atoms with van der Waals surface area (Å²) < 4.78 is 11.7. The summed E-state index contributed by atoms with van der Waals surface area (Å²) in [7, 11) is 0. The minimum atomic E-state index is -0.610. The van der Waals surface area contributed by atoms with Gasteiger partial charge in [0.05, 0.1) is 25.3 Å². The number of nitrogens with zero attached hydrogens (tertiary/aromatic N) is 2. The molecule has 7 heteroatoms. The van der Waals surface area contributed by atoms with E-state index in [4.69, 9.17) is 9.47 Å². The first-order valence-corrected chi connectivity index (χ1v) is 12.8. The SMILES string of the molecule is CCN(CC(=O)N1CCc2sccc2[C@H]1COc1ccccc1C)C[C@@H](O)COCC(C)C. The summed E-state index contributed by atoms with van der Waals surface area (Å²) in [6.45, 7) is 11.6. The summed E-state index contributed by atoms with van der Waals surface area (Å²) >= 11 is 1.75. The number of hydrogen-bond acceptors (Lipinski definition) is 6. The molecular formula is C26H38N2O4S. The largest absolute Gasteiger partial charge is 0.491 e. The molecule has 0 bridgehead atoms. The Labute approximate surface area is 202 Å². The number of amides is 1. The second-order valence-corrected chi connectivity index (χ2v) is 10.1. The molecule has 1 amide bonds. The number of rotatable bonds is 12. The molecular weight excluding hydrogens is 436 g/mol. The van der Waals surface area contributed by atoms with Crippen LogP contribution in [0.3, 0.4) is 0 Å². The van der Waals surface area contributed by atoms with Gasteiger partial charge in [0.2, 0.25) is 5.91 Å². The number of aliphatic hydroxyl groups is 1. The molecule has 0 spiro atoms. The molecule has 3 rings (SSSR count). The summed E-state index contributed by atoms with van der Waals surface area (Å²) in [5.74, 6) is 1.36. The molecule has 0 radical (unpaired) electrons. The molecule has 1 aliphatic rings. The van der Waals surface area contributed by atoms with Gasteiger partial charge in [-0.25, -0.2) is 0 Å². The zero-order chi connectivity index (χ0) is 23.8. The lowest BCUT2D eigenvalue weighted by atomic mass is 10.0. The average Bonchev–Trinajstić information content (AvgIpc) is 3.26. The number of hydrogen-bond donors (Lipinski definition) is 1. The predicted molar refractivity (Wildman–Crippen MR) is 133 cm³/mol. The van der Waals surface area contributed by atoms with Gasteiger partial charge in [0.15, 0.2) is 0 Å². The molecule has 1 aromatic carbocycles. The van der Waals surface area contributed by atoms with Crippen molar-refractivity contribution < 1.29 is 19.4 Å². The number of aryl methyl sites for hydroxylation is 1. The normalized spacial score (nSPS) is 16.8. The molecule has 0 saturated heterocycles. The standard InChI is InChI=1S/C26H38N2O4S/c1-5-27(14-21(29)17-31-16-19(2)3)15-26(30)28-12-10-25-22(11-13-33-25)23(28)18-32-24-9-7-6-8-20(24)4/h6-9,11,13,19,21,23,29H,5,10,12,14-18H2,1-4H3/t21-,23-/m1/s1. The Bertz CT molecular complexity index is 885. The Hall–Kier alpha value is -1.93. The highest BCUT2D eigenvalue weighted by Crippen LogP contribution is 2.34. The Balaban J connectivity index is 1.63. The summed E-state index contributed by atoms with van der Waals surface area (Å²) in [5, 5.41) is 12.5. The summed E-state index contributed by atoms with van der Waals surface area (Å²) in [6, 6.07) is 9.99. The van der Waals surface area contributed by atoms with Crippen LogP contribution in [-0.4, -0.2) is 72.9 Å². The van der Waals surface area contributed by atoms with E-state index in [0.29, 0.717) is 38.8 Å². The Morgan fingerprint density at radius 1 is 1.27 bits per heavy atom. The van der Waals surface area contributed by atoms with Gasteiger partial charge in [-0.1, -0.05) is 39.0 Å².